The van der Waals surface area contributed by atoms with Crippen LogP contribution in [0.25, 0.3) is 10.4 Å². The van der Waals surface area contributed by atoms with Crippen LogP contribution >= 0.6 is 11.3 Å². The minimum Gasteiger partial charge on any atom is -0.394 e. The van der Waals surface area contributed by atoms with Gasteiger partial charge in [-0.1, -0.05) is 42.5 Å². The molecule has 0 bridgehead atoms. The van der Waals surface area contributed by atoms with Crippen LogP contribution in [-0.4, -0.2) is 58.6 Å². The molecule has 1 aliphatic rings. The highest BCUT2D eigenvalue weighted by atomic mass is 32.1. The van der Waals surface area contributed by atoms with Crippen LogP contribution in [0, 0.1) is 6.92 Å². The van der Waals surface area contributed by atoms with Gasteiger partial charge in [0, 0.05) is 28.8 Å². The van der Waals surface area contributed by atoms with Crippen molar-refractivity contribution in [2.75, 3.05) is 13.7 Å². The fraction of sp³-hybridized carbons (Fsp3) is 0.360. The molecule has 3 aromatic rings. The smallest absolute Gasteiger partial charge is 0.224 e. The van der Waals surface area contributed by atoms with Gasteiger partial charge in [0.15, 0.2) is 0 Å². The molecule has 7 heteroatoms. The van der Waals surface area contributed by atoms with Gasteiger partial charge in [-0.05, 0) is 41.8 Å². The second kappa shape index (κ2) is 9.41. The zero-order valence-corrected chi connectivity index (χ0v) is 18.8. The molecule has 1 unspecified atom stereocenters. The molecule has 4 rings (SSSR count). The van der Waals surface area contributed by atoms with Gasteiger partial charge in [-0.2, -0.15) is 0 Å². The largest absolute Gasteiger partial charge is 0.394 e. The molecule has 2 heterocycles. The van der Waals surface area contributed by atoms with E-state index >= 15 is 0 Å². The van der Waals surface area contributed by atoms with Crippen molar-refractivity contribution >= 4 is 11.3 Å². The average molecular weight is 457 g/mol. The molecule has 1 aromatic heterocycles. The van der Waals surface area contributed by atoms with Crippen LogP contribution in [0.3, 0.4) is 0 Å². The quantitative estimate of drug-likeness (QED) is 0.455. The Labute approximate surface area is 191 Å². The van der Waals surface area contributed by atoms with E-state index in [-0.39, 0.29) is 0 Å². The maximum absolute atomic E-state index is 10.8. The maximum Gasteiger partial charge on any atom is 0.224 e. The van der Waals surface area contributed by atoms with Crippen molar-refractivity contribution in [1.82, 2.24) is 0 Å². The number of benzene rings is 2. The first-order valence-electron chi connectivity index (χ1n) is 10.5. The van der Waals surface area contributed by atoms with E-state index in [1.165, 1.54) is 22.4 Å². The van der Waals surface area contributed by atoms with Gasteiger partial charge in [0.05, 0.1) is 6.61 Å². The Kier molecular flexibility index (Phi) is 6.78. The molecule has 0 aliphatic carbocycles. The highest BCUT2D eigenvalue weighted by molar-refractivity contribution is 7.15. The van der Waals surface area contributed by atoms with Crippen LogP contribution in [0.2, 0.25) is 0 Å². The Balaban J connectivity index is 1.66. The van der Waals surface area contributed by atoms with Crippen molar-refractivity contribution in [3.63, 3.8) is 0 Å². The standard InChI is InChI=1S/C25H28O6S/c1-15-8-9-18(25(30-2)24(29)23(28)22(27)20(14-26)31-25)12-17(15)13-19-10-11-21(32-19)16-6-4-3-5-7-16/h3-12,20,22-24,26-29H,13-14H2,1-2H3/t20-,22-,23+,24-,25?/m1/s1. The molecule has 1 aliphatic heterocycles. The number of aryl methyl sites for hydroxylation is 1. The number of hydrogen-bond acceptors (Lipinski definition) is 7. The highest BCUT2D eigenvalue weighted by Crippen LogP contribution is 2.40. The molecule has 5 atom stereocenters. The van der Waals surface area contributed by atoms with Crippen molar-refractivity contribution in [3.05, 3.63) is 82.2 Å². The minimum atomic E-state index is -1.71. The third-order valence-corrected chi connectivity index (χ3v) is 7.22. The summed E-state index contributed by atoms with van der Waals surface area (Å²) in [6.07, 6.45) is -4.90. The molecule has 0 spiro atoms. The summed E-state index contributed by atoms with van der Waals surface area (Å²) in [4.78, 5) is 2.38. The molecule has 1 fully saturated rings. The number of aliphatic hydroxyl groups excluding tert-OH is 4. The fourth-order valence-electron chi connectivity index (χ4n) is 4.16. The summed E-state index contributed by atoms with van der Waals surface area (Å²) in [5, 5.41) is 40.9. The Morgan fingerprint density at radius 1 is 1.00 bits per heavy atom. The molecular weight excluding hydrogens is 428 g/mol. The van der Waals surface area contributed by atoms with E-state index in [0.717, 1.165) is 11.1 Å². The lowest BCUT2D eigenvalue weighted by Gasteiger charge is -2.47. The number of methoxy groups -OCH3 is 1. The van der Waals surface area contributed by atoms with E-state index in [1.54, 1.807) is 17.4 Å². The molecule has 2 aromatic carbocycles. The molecule has 32 heavy (non-hydrogen) atoms. The normalized spacial score (nSPS) is 28.1. The monoisotopic (exact) mass is 456 g/mol. The lowest BCUT2D eigenvalue weighted by atomic mass is 9.86. The number of thiophene rings is 1. The molecule has 4 N–H and O–H groups in total. The van der Waals surface area contributed by atoms with Gasteiger partial charge in [-0.3, -0.25) is 0 Å². The lowest BCUT2D eigenvalue weighted by molar-refractivity contribution is -0.366. The zero-order chi connectivity index (χ0) is 22.9. The van der Waals surface area contributed by atoms with Crippen molar-refractivity contribution < 1.29 is 29.9 Å². The molecule has 0 amide bonds. The van der Waals surface area contributed by atoms with Gasteiger partial charge in [0.1, 0.15) is 24.4 Å². The first-order chi connectivity index (χ1) is 15.4. The van der Waals surface area contributed by atoms with Crippen LogP contribution in [0.5, 0.6) is 0 Å². The van der Waals surface area contributed by atoms with E-state index in [1.807, 2.05) is 37.3 Å². The Bertz CT molecular complexity index is 1050. The third kappa shape index (κ3) is 4.13. The van der Waals surface area contributed by atoms with Crippen molar-refractivity contribution in [1.29, 1.82) is 0 Å². The SMILES string of the molecule is COC1(c2ccc(C)c(Cc3ccc(-c4ccccc4)s3)c2)O[C@H](CO)[C@@H](O)[C@H](O)[C@H]1O. The molecule has 0 saturated carbocycles. The summed E-state index contributed by atoms with van der Waals surface area (Å²) < 4.78 is 11.4. The van der Waals surface area contributed by atoms with Gasteiger partial charge in [0.2, 0.25) is 5.79 Å². The molecule has 170 valence electrons. The zero-order valence-electron chi connectivity index (χ0n) is 18.0. The molecule has 0 radical (unpaired) electrons. The van der Waals surface area contributed by atoms with E-state index in [9.17, 15) is 20.4 Å². The van der Waals surface area contributed by atoms with E-state index < -0.39 is 36.8 Å². The summed E-state index contributed by atoms with van der Waals surface area (Å²) in [6, 6.07) is 20.0. The van der Waals surface area contributed by atoms with Crippen LogP contribution in [0.1, 0.15) is 21.6 Å². The van der Waals surface area contributed by atoms with Crippen molar-refractivity contribution in [3.8, 4) is 10.4 Å². The van der Waals surface area contributed by atoms with Crippen LogP contribution in [-0.2, 0) is 21.7 Å². The number of hydrogen-bond donors (Lipinski definition) is 4. The van der Waals surface area contributed by atoms with E-state index in [4.69, 9.17) is 9.47 Å². The summed E-state index contributed by atoms with van der Waals surface area (Å²) >= 11 is 1.72. The van der Waals surface area contributed by atoms with Gasteiger partial charge >= 0.3 is 0 Å². The number of rotatable bonds is 6. The third-order valence-electron chi connectivity index (χ3n) is 6.09. The van der Waals surface area contributed by atoms with Crippen molar-refractivity contribution in [2.24, 2.45) is 0 Å². The maximum atomic E-state index is 10.8. The molecule has 1 saturated heterocycles. The fourth-order valence-corrected chi connectivity index (χ4v) is 5.20. The van der Waals surface area contributed by atoms with E-state index in [0.29, 0.717) is 12.0 Å². The summed E-state index contributed by atoms with van der Waals surface area (Å²) in [5.74, 6) is -1.71. The summed E-state index contributed by atoms with van der Waals surface area (Å²) in [6.45, 7) is 1.49. The second-order valence-electron chi connectivity index (χ2n) is 8.09. The molecular formula is C25H28O6S. The topological polar surface area (TPSA) is 99.4 Å². The second-order valence-corrected chi connectivity index (χ2v) is 9.25. The van der Waals surface area contributed by atoms with Gasteiger partial charge in [-0.25, -0.2) is 0 Å². The lowest BCUT2D eigenvalue weighted by Crippen LogP contribution is -2.64. The predicted octanol–water partition coefficient (Wildman–Crippen LogP) is 2.59. The van der Waals surface area contributed by atoms with Crippen molar-refractivity contribution in [2.45, 2.75) is 43.5 Å². The van der Waals surface area contributed by atoms with Crippen LogP contribution < -0.4 is 0 Å². The van der Waals surface area contributed by atoms with Gasteiger partial charge < -0.3 is 29.9 Å². The van der Waals surface area contributed by atoms with Crippen LogP contribution in [0.15, 0.2) is 60.7 Å². The molecule has 6 nitrogen and oxygen atoms in total. The van der Waals surface area contributed by atoms with Gasteiger partial charge in [-0.15, -0.1) is 11.3 Å². The van der Waals surface area contributed by atoms with E-state index in [2.05, 4.69) is 24.3 Å². The summed E-state index contributed by atoms with van der Waals surface area (Å²) in [7, 11) is 1.37. The van der Waals surface area contributed by atoms with Gasteiger partial charge in [0.25, 0.3) is 0 Å². The highest BCUT2D eigenvalue weighted by Gasteiger charge is 2.55. The first kappa shape index (κ1) is 23.1. The first-order valence-corrected chi connectivity index (χ1v) is 11.3. The average Bonchev–Trinajstić information content (AvgIpc) is 3.29. The Hall–Kier alpha value is -2.10. The Morgan fingerprint density at radius 2 is 1.75 bits per heavy atom. The number of aliphatic hydroxyl groups is 4. The summed E-state index contributed by atoms with van der Waals surface area (Å²) in [5.41, 5.74) is 3.78. The number of ether oxygens (including phenoxy) is 2. The predicted molar refractivity (Wildman–Crippen MR) is 122 cm³/mol. The van der Waals surface area contributed by atoms with Crippen LogP contribution in [0.4, 0.5) is 0 Å². The minimum absolute atomic E-state index is 0.511. The Morgan fingerprint density at radius 3 is 2.44 bits per heavy atom.